The smallest absolute Gasteiger partial charge is 0.243 e. The molecule has 0 spiro atoms. The number of carbonyl (C=O) groups is 1. The van der Waals surface area contributed by atoms with Gasteiger partial charge >= 0.3 is 0 Å². The number of carbonyl (C=O) groups excluding carboxylic acids is 1. The minimum absolute atomic E-state index is 0.0542. The van der Waals surface area contributed by atoms with Gasteiger partial charge in [-0.25, -0.2) is 8.42 Å². The summed E-state index contributed by atoms with van der Waals surface area (Å²) in [5.74, 6) is 0.669. The first-order valence-corrected chi connectivity index (χ1v) is 12.5. The number of sulfonamides is 1. The fourth-order valence-corrected chi connectivity index (χ4v) is 6.10. The third kappa shape index (κ3) is 4.62. The topological polar surface area (TPSA) is 66.9 Å². The van der Waals surface area contributed by atoms with Crippen molar-refractivity contribution >= 4 is 21.6 Å². The van der Waals surface area contributed by atoms with Crippen LogP contribution in [0.1, 0.15) is 43.2 Å². The Labute approximate surface area is 184 Å². The monoisotopic (exact) mass is 442 g/mol. The number of para-hydroxylation sites is 1. The molecule has 31 heavy (non-hydrogen) atoms. The van der Waals surface area contributed by atoms with Gasteiger partial charge in [0.15, 0.2) is 0 Å². The second-order valence-corrected chi connectivity index (χ2v) is 10.2. The van der Waals surface area contributed by atoms with E-state index in [4.69, 9.17) is 4.74 Å². The van der Waals surface area contributed by atoms with Crippen LogP contribution in [0.15, 0.2) is 47.4 Å². The lowest BCUT2D eigenvalue weighted by molar-refractivity contribution is -0.118. The zero-order chi connectivity index (χ0) is 21.8. The Kier molecular flexibility index (Phi) is 6.62. The third-order valence-electron chi connectivity index (χ3n) is 6.22. The highest BCUT2D eigenvalue weighted by Crippen LogP contribution is 2.30. The Morgan fingerprint density at radius 3 is 2.55 bits per heavy atom. The predicted octanol–water partition coefficient (Wildman–Crippen LogP) is 3.78. The van der Waals surface area contributed by atoms with E-state index in [1.807, 2.05) is 23.1 Å². The van der Waals surface area contributed by atoms with Crippen LogP contribution in [0.5, 0.6) is 5.75 Å². The van der Waals surface area contributed by atoms with E-state index in [0.29, 0.717) is 31.7 Å². The molecule has 0 unspecified atom stereocenters. The predicted molar refractivity (Wildman–Crippen MR) is 121 cm³/mol. The zero-order valence-electron chi connectivity index (χ0n) is 18.0. The molecule has 7 heteroatoms. The molecule has 0 aliphatic carbocycles. The quantitative estimate of drug-likeness (QED) is 0.683. The summed E-state index contributed by atoms with van der Waals surface area (Å²) < 4.78 is 33.2. The molecule has 1 fully saturated rings. The standard InChI is InChI=1S/C24H30N2O4S/c1-30-23-13-12-21(31(28,29)25-15-5-2-6-16-25)18-20(23)11-14-24(27)26-17-7-9-19-8-3-4-10-22(19)26/h3-4,8,10,12-13,18H,2,5-7,9,11,14-17H2,1H3. The number of piperidine rings is 1. The lowest BCUT2D eigenvalue weighted by Gasteiger charge is -2.29. The number of anilines is 1. The molecular weight excluding hydrogens is 412 g/mol. The molecule has 1 saturated heterocycles. The minimum Gasteiger partial charge on any atom is -0.496 e. The summed E-state index contributed by atoms with van der Waals surface area (Å²) in [6, 6.07) is 13.0. The Hall–Kier alpha value is -2.38. The molecule has 0 N–H and O–H groups in total. The largest absolute Gasteiger partial charge is 0.496 e. The fraction of sp³-hybridized carbons (Fsp3) is 0.458. The number of amides is 1. The zero-order valence-corrected chi connectivity index (χ0v) is 18.9. The molecule has 6 nitrogen and oxygen atoms in total. The Balaban J connectivity index is 1.52. The summed E-state index contributed by atoms with van der Waals surface area (Å²) in [6.07, 6.45) is 5.55. The van der Waals surface area contributed by atoms with E-state index in [0.717, 1.165) is 49.9 Å². The lowest BCUT2D eigenvalue weighted by atomic mass is 10.0. The number of aryl methyl sites for hydroxylation is 2. The van der Waals surface area contributed by atoms with E-state index in [2.05, 4.69) is 6.07 Å². The van der Waals surface area contributed by atoms with Crippen LogP contribution in [0.2, 0.25) is 0 Å². The maximum Gasteiger partial charge on any atom is 0.243 e. The number of methoxy groups -OCH3 is 1. The van der Waals surface area contributed by atoms with E-state index < -0.39 is 10.0 Å². The van der Waals surface area contributed by atoms with Gasteiger partial charge in [-0.1, -0.05) is 24.6 Å². The van der Waals surface area contributed by atoms with Crippen LogP contribution in [-0.2, 0) is 27.7 Å². The van der Waals surface area contributed by atoms with Crippen LogP contribution < -0.4 is 9.64 Å². The van der Waals surface area contributed by atoms with Crippen molar-refractivity contribution in [1.29, 1.82) is 0 Å². The molecular formula is C24H30N2O4S. The minimum atomic E-state index is -3.53. The second-order valence-electron chi connectivity index (χ2n) is 8.22. The van der Waals surface area contributed by atoms with Gasteiger partial charge in [-0.05, 0) is 67.5 Å². The van der Waals surface area contributed by atoms with Crippen LogP contribution in [0.25, 0.3) is 0 Å². The van der Waals surface area contributed by atoms with Gasteiger partial charge in [0, 0.05) is 31.7 Å². The van der Waals surface area contributed by atoms with Gasteiger partial charge in [-0.15, -0.1) is 0 Å². The molecule has 0 bridgehead atoms. The van der Waals surface area contributed by atoms with E-state index in [1.165, 1.54) is 5.56 Å². The molecule has 2 aliphatic heterocycles. The molecule has 0 atom stereocenters. The van der Waals surface area contributed by atoms with Gasteiger partial charge in [0.1, 0.15) is 5.75 Å². The summed E-state index contributed by atoms with van der Waals surface area (Å²) in [5, 5.41) is 0. The molecule has 0 radical (unpaired) electrons. The second kappa shape index (κ2) is 9.40. The van der Waals surface area contributed by atoms with Crippen LogP contribution in [-0.4, -0.2) is 45.4 Å². The first-order chi connectivity index (χ1) is 15.0. The third-order valence-corrected chi connectivity index (χ3v) is 8.12. The number of hydrogen-bond donors (Lipinski definition) is 0. The van der Waals surface area contributed by atoms with Gasteiger partial charge in [0.25, 0.3) is 0 Å². The van der Waals surface area contributed by atoms with Gasteiger partial charge in [0.05, 0.1) is 12.0 Å². The lowest BCUT2D eigenvalue weighted by Crippen LogP contribution is -2.36. The molecule has 1 amide bonds. The fourth-order valence-electron chi connectivity index (χ4n) is 4.53. The Bertz CT molecular complexity index is 1050. The average Bonchev–Trinajstić information content (AvgIpc) is 2.82. The maximum atomic E-state index is 13.1. The summed E-state index contributed by atoms with van der Waals surface area (Å²) in [7, 11) is -1.96. The van der Waals surface area contributed by atoms with Crippen molar-refractivity contribution in [3.8, 4) is 5.75 Å². The van der Waals surface area contributed by atoms with Gasteiger partial charge in [-0.3, -0.25) is 4.79 Å². The van der Waals surface area contributed by atoms with Crippen molar-refractivity contribution in [1.82, 2.24) is 4.31 Å². The van der Waals surface area contributed by atoms with E-state index in [9.17, 15) is 13.2 Å². The van der Waals surface area contributed by atoms with Crippen molar-refractivity contribution in [2.24, 2.45) is 0 Å². The number of hydrogen-bond acceptors (Lipinski definition) is 4. The Morgan fingerprint density at radius 1 is 1.00 bits per heavy atom. The van der Waals surface area contributed by atoms with Gasteiger partial charge < -0.3 is 9.64 Å². The van der Waals surface area contributed by atoms with Crippen molar-refractivity contribution < 1.29 is 17.9 Å². The average molecular weight is 443 g/mol. The molecule has 2 aliphatic rings. The van der Waals surface area contributed by atoms with Crippen molar-refractivity contribution in [2.45, 2.75) is 49.8 Å². The number of fused-ring (bicyclic) bond motifs is 1. The van der Waals surface area contributed by atoms with Crippen LogP contribution in [0.3, 0.4) is 0 Å². The maximum absolute atomic E-state index is 13.1. The molecule has 166 valence electrons. The normalized spacial score (nSPS) is 17.3. The SMILES string of the molecule is COc1ccc(S(=O)(=O)N2CCCCC2)cc1CCC(=O)N1CCCc2ccccc21. The summed E-state index contributed by atoms with van der Waals surface area (Å²) in [5.41, 5.74) is 2.95. The summed E-state index contributed by atoms with van der Waals surface area (Å²) >= 11 is 0. The highest BCUT2D eigenvalue weighted by atomic mass is 32.2. The van der Waals surface area contributed by atoms with Gasteiger partial charge in [-0.2, -0.15) is 4.31 Å². The number of rotatable bonds is 6. The number of ether oxygens (including phenoxy) is 1. The van der Waals surface area contributed by atoms with Crippen LogP contribution in [0.4, 0.5) is 5.69 Å². The highest BCUT2D eigenvalue weighted by molar-refractivity contribution is 7.89. The van der Waals surface area contributed by atoms with E-state index in [-0.39, 0.29) is 10.8 Å². The molecule has 4 rings (SSSR count). The molecule has 2 heterocycles. The van der Waals surface area contributed by atoms with E-state index in [1.54, 1.807) is 29.6 Å². The van der Waals surface area contributed by atoms with Gasteiger partial charge in [0.2, 0.25) is 15.9 Å². The summed E-state index contributed by atoms with van der Waals surface area (Å²) in [4.78, 5) is 15.2. The van der Waals surface area contributed by atoms with Crippen LogP contribution in [0, 0.1) is 0 Å². The summed E-state index contributed by atoms with van der Waals surface area (Å²) in [6.45, 7) is 1.85. The molecule has 0 saturated carbocycles. The number of nitrogens with zero attached hydrogens (tertiary/aromatic N) is 2. The van der Waals surface area contributed by atoms with Crippen LogP contribution >= 0.6 is 0 Å². The first kappa shape index (κ1) is 21.8. The molecule has 2 aromatic carbocycles. The molecule has 0 aromatic heterocycles. The van der Waals surface area contributed by atoms with Crippen molar-refractivity contribution in [2.75, 3.05) is 31.6 Å². The number of benzene rings is 2. The Morgan fingerprint density at radius 2 is 1.77 bits per heavy atom. The van der Waals surface area contributed by atoms with Crippen molar-refractivity contribution in [3.05, 3.63) is 53.6 Å². The molecule has 2 aromatic rings. The highest BCUT2D eigenvalue weighted by Gasteiger charge is 2.27. The van der Waals surface area contributed by atoms with E-state index >= 15 is 0 Å². The first-order valence-electron chi connectivity index (χ1n) is 11.1. The van der Waals surface area contributed by atoms with Crippen molar-refractivity contribution in [3.63, 3.8) is 0 Å².